The summed E-state index contributed by atoms with van der Waals surface area (Å²) in [6.07, 6.45) is -5.00. The zero-order valence-electron chi connectivity index (χ0n) is 14.2. The molecule has 0 atom stereocenters. The zero-order valence-corrected chi connectivity index (χ0v) is 14.2. The molecule has 0 aromatic heterocycles. The third-order valence-electron chi connectivity index (χ3n) is 3.72. The molecule has 2 aromatic carbocycles. The molecule has 0 aliphatic rings. The summed E-state index contributed by atoms with van der Waals surface area (Å²) in [5.74, 6) is -2.62. The lowest BCUT2D eigenvalue weighted by Gasteiger charge is -2.27. The van der Waals surface area contributed by atoms with Crippen molar-refractivity contribution in [1.82, 2.24) is 0 Å². The molecule has 2 aromatic rings. The number of anilines is 2. The summed E-state index contributed by atoms with van der Waals surface area (Å²) in [6.45, 7) is 1.32. The van der Waals surface area contributed by atoms with Crippen molar-refractivity contribution in [2.24, 2.45) is 0 Å². The van der Waals surface area contributed by atoms with E-state index in [9.17, 15) is 42.2 Å². The molecule has 28 heavy (non-hydrogen) atoms. The van der Waals surface area contributed by atoms with Crippen LogP contribution in [0, 0.1) is 31.9 Å². The number of halogens is 5. The minimum absolute atomic E-state index is 0.172. The summed E-state index contributed by atoms with van der Waals surface area (Å²) in [4.78, 5) is 20.7. The molecule has 0 fully saturated rings. The normalized spacial score (nSPS) is 11.4. The molecule has 0 heterocycles. The van der Waals surface area contributed by atoms with Crippen molar-refractivity contribution < 1.29 is 31.8 Å². The quantitative estimate of drug-likeness (QED) is 0.367. The number of hydrogen-bond donors (Lipinski definition) is 0. The van der Waals surface area contributed by atoms with Gasteiger partial charge in [-0.25, -0.2) is 8.78 Å². The third-order valence-corrected chi connectivity index (χ3v) is 3.72. The summed E-state index contributed by atoms with van der Waals surface area (Å²) in [7, 11) is 0. The molecule has 0 saturated heterocycles. The van der Waals surface area contributed by atoms with Gasteiger partial charge in [-0.3, -0.25) is 20.2 Å². The van der Waals surface area contributed by atoms with Crippen LogP contribution in [0.5, 0.6) is 0 Å². The van der Waals surface area contributed by atoms with Gasteiger partial charge in [0.15, 0.2) is 11.6 Å². The predicted molar refractivity (Wildman–Crippen MR) is 88.4 cm³/mol. The van der Waals surface area contributed by atoms with Crippen molar-refractivity contribution in [3.63, 3.8) is 0 Å². The van der Waals surface area contributed by atoms with Gasteiger partial charge >= 0.3 is 6.18 Å². The van der Waals surface area contributed by atoms with Crippen LogP contribution in [0.1, 0.15) is 18.9 Å². The summed E-state index contributed by atoms with van der Waals surface area (Å²) < 4.78 is 67.6. The minimum atomic E-state index is -5.18. The number of alkyl halides is 3. The van der Waals surface area contributed by atoms with Gasteiger partial charge in [-0.15, -0.1) is 0 Å². The smallest absolute Gasteiger partial charge is 0.335 e. The van der Waals surface area contributed by atoms with Gasteiger partial charge in [0.25, 0.3) is 11.4 Å². The third kappa shape index (κ3) is 4.15. The van der Waals surface area contributed by atoms with E-state index in [1.807, 2.05) is 0 Å². The van der Waals surface area contributed by atoms with E-state index in [1.54, 1.807) is 6.92 Å². The Morgan fingerprint density at radius 2 is 1.64 bits per heavy atom. The number of nitro groups is 2. The van der Waals surface area contributed by atoms with E-state index in [0.717, 1.165) is 11.0 Å². The average molecular weight is 405 g/mol. The number of nitro benzene ring substituents is 2. The Kier molecular flexibility index (Phi) is 5.81. The van der Waals surface area contributed by atoms with Crippen LogP contribution in [0.15, 0.2) is 30.3 Å². The van der Waals surface area contributed by atoms with Gasteiger partial charge in [-0.2, -0.15) is 13.2 Å². The second-order valence-corrected chi connectivity index (χ2v) is 5.62. The highest BCUT2D eigenvalue weighted by Crippen LogP contribution is 2.46. The maximum Gasteiger partial charge on any atom is 0.418 e. The number of non-ortho nitro benzene ring substituents is 1. The Balaban J connectivity index is 2.89. The van der Waals surface area contributed by atoms with E-state index in [1.165, 1.54) is 0 Å². The molecule has 150 valence electrons. The molecule has 0 spiro atoms. The highest BCUT2D eigenvalue weighted by molar-refractivity contribution is 5.78. The lowest BCUT2D eigenvalue weighted by Crippen LogP contribution is -2.23. The van der Waals surface area contributed by atoms with E-state index in [4.69, 9.17) is 0 Å². The number of hydrogen-bond acceptors (Lipinski definition) is 5. The molecule has 0 aliphatic carbocycles. The van der Waals surface area contributed by atoms with Gasteiger partial charge in [-0.05, 0) is 18.6 Å². The Bertz CT molecular complexity index is 933. The summed E-state index contributed by atoms with van der Waals surface area (Å²) in [6, 6.07) is 2.78. The van der Waals surface area contributed by atoms with Crippen molar-refractivity contribution >= 4 is 22.7 Å². The van der Waals surface area contributed by atoms with Crippen molar-refractivity contribution in [3.05, 3.63) is 67.8 Å². The van der Waals surface area contributed by atoms with E-state index in [-0.39, 0.29) is 24.7 Å². The Hall–Kier alpha value is -3.31. The standard InChI is InChI=1S/C16H12F5N3O4/c1-2-5-22(9-3-4-12(17)13(18)7-9)15-11(16(19,20)21)6-10(23(25)26)8-14(15)24(27)28/h3-4,6-8H,2,5H2,1H3. The van der Waals surface area contributed by atoms with Crippen molar-refractivity contribution in [1.29, 1.82) is 0 Å². The van der Waals surface area contributed by atoms with Crippen LogP contribution in [0.2, 0.25) is 0 Å². The molecular formula is C16H12F5N3O4. The maximum absolute atomic E-state index is 13.6. The van der Waals surface area contributed by atoms with Crippen molar-refractivity contribution in [3.8, 4) is 0 Å². The highest BCUT2D eigenvalue weighted by Gasteiger charge is 2.41. The maximum atomic E-state index is 13.6. The minimum Gasteiger partial charge on any atom is -0.335 e. The van der Waals surface area contributed by atoms with Crippen LogP contribution >= 0.6 is 0 Å². The summed E-state index contributed by atoms with van der Waals surface area (Å²) in [5.41, 5.74) is -5.20. The first-order chi connectivity index (χ1) is 13.0. The number of nitrogens with zero attached hydrogens (tertiary/aromatic N) is 3. The molecule has 0 saturated carbocycles. The van der Waals surface area contributed by atoms with Gasteiger partial charge in [-0.1, -0.05) is 6.92 Å². The molecule has 12 heteroatoms. The molecule has 0 radical (unpaired) electrons. The second kappa shape index (κ2) is 7.74. The molecule has 0 aliphatic heterocycles. The zero-order chi connectivity index (χ0) is 21.2. The SMILES string of the molecule is CCCN(c1ccc(F)c(F)c1)c1c([N+](=O)[O-])cc([N+](=O)[O-])cc1C(F)(F)F. The van der Waals surface area contributed by atoms with Gasteiger partial charge in [0, 0.05) is 24.4 Å². The fraction of sp³-hybridized carbons (Fsp3) is 0.250. The molecule has 0 bridgehead atoms. The molecular weight excluding hydrogens is 393 g/mol. The number of rotatable bonds is 6. The average Bonchev–Trinajstić information content (AvgIpc) is 2.60. The lowest BCUT2D eigenvalue weighted by molar-refractivity contribution is -0.394. The molecule has 0 amide bonds. The van der Waals surface area contributed by atoms with Crippen molar-refractivity contribution in [2.75, 3.05) is 11.4 Å². The van der Waals surface area contributed by atoms with E-state index in [0.29, 0.717) is 18.2 Å². The Morgan fingerprint density at radius 3 is 2.11 bits per heavy atom. The Labute approximate surface area is 154 Å². The van der Waals surface area contributed by atoms with Crippen LogP contribution in [0.25, 0.3) is 0 Å². The van der Waals surface area contributed by atoms with Crippen LogP contribution < -0.4 is 4.90 Å². The second-order valence-electron chi connectivity index (χ2n) is 5.62. The van der Waals surface area contributed by atoms with E-state index in [2.05, 4.69) is 0 Å². The summed E-state index contributed by atoms with van der Waals surface area (Å²) >= 11 is 0. The largest absolute Gasteiger partial charge is 0.418 e. The first-order valence-electron chi connectivity index (χ1n) is 7.74. The molecule has 0 unspecified atom stereocenters. The molecule has 7 nitrogen and oxygen atoms in total. The van der Waals surface area contributed by atoms with E-state index < -0.39 is 50.3 Å². The Morgan fingerprint density at radius 1 is 1.00 bits per heavy atom. The first kappa shape index (κ1) is 21.0. The molecule has 0 N–H and O–H groups in total. The monoisotopic (exact) mass is 405 g/mol. The van der Waals surface area contributed by atoms with Crippen LogP contribution in [-0.2, 0) is 6.18 Å². The van der Waals surface area contributed by atoms with Crippen molar-refractivity contribution in [2.45, 2.75) is 19.5 Å². The van der Waals surface area contributed by atoms with Crippen LogP contribution in [0.4, 0.5) is 44.7 Å². The van der Waals surface area contributed by atoms with E-state index >= 15 is 0 Å². The van der Waals surface area contributed by atoms with Gasteiger partial charge in [0.1, 0.15) is 5.69 Å². The highest BCUT2D eigenvalue weighted by atomic mass is 19.4. The lowest BCUT2D eigenvalue weighted by atomic mass is 10.1. The predicted octanol–water partition coefficient (Wildman–Crippen LogP) is 5.35. The number of benzene rings is 2. The van der Waals surface area contributed by atoms with Crippen LogP contribution in [0.3, 0.4) is 0 Å². The fourth-order valence-corrected chi connectivity index (χ4v) is 2.60. The molecule has 2 rings (SSSR count). The topological polar surface area (TPSA) is 89.5 Å². The first-order valence-corrected chi connectivity index (χ1v) is 7.74. The van der Waals surface area contributed by atoms with Gasteiger partial charge in [0.2, 0.25) is 0 Å². The van der Waals surface area contributed by atoms with Gasteiger partial charge in [0.05, 0.1) is 21.5 Å². The summed E-state index contributed by atoms with van der Waals surface area (Å²) in [5, 5.41) is 22.3. The fourth-order valence-electron chi connectivity index (χ4n) is 2.60. The van der Waals surface area contributed by atoms with Gasteiger partial charge < -0.3 is 4.90 Å². The van der Waals surface area contributed by atoms with Crippen LogP contribution in [-0.4, -0.2) is 16.4 Å².